The van der Waals surface area contributed by atoms with Crippen molar-refractivity contribution in [3.63, 3.8) is 0 Å². The van der Waals surface area contributed by atoms with Crippen LogP contribution in [-0.2, 0) is 4.74 Å². The maximum atomic E-state index is 11.8. The lowest BCUT2D eigenvalue weighted by Gasteiger charge is -2.19. The second-order valence-corrected chi connectivity index (χ2v) is 6.72. The fourth-order valence-electron chi connectivity index (χ4n) is 2.35. The summed E-state index contributed by atoms with van der Waals surface area (Å²) in [6.07, 6.45) is 2.70. The van der Waals surface area contributed by atoms with E-state index in [0.29, 0.717) is 23.4 Å². The Kier molecular flexibility index (Phi) is 6.06. The molecule has 1 heterocycles. The Morgan fingerprint density at radius 1 is 1.48 bits per heavy atom. The molecule has 1 saturated heterocycles. The molecule has 0 aromatic heterocycles. The molecule has 4 nitrogen and oxygen atoms in total. The Morgan fingerprint density at radius 3 is 3.00 bits per heavy atom. The number of rotatable bonds is 3. The lowest BCUT2D eigenvalue weighted by atomic mass is 10.2. The summed E-state index contributed by atoms with van der Waals surface area (Å²) in [5.41, 5.74) is 0. The van der Waals surface area contributed by atoms with Crippen molar-refractivity contribution in [2.24, 2.45) is 0 Å². The molecule has 0 saturated carbocycles. The lowest BCUT2D eigenvalue weighted by molar-refractivity contribution is 0.108. The standard InChI is InChI=1S/C15H20ClNO3S/c1-2-20-15(19)17-8-3-4-12(7-9-17)21-14-6-5-11(18)10-13(14)16/h5-6,10,12,18H,2-4,7-9H2,1H3/t12-/m1/s1. The van der Waals surface area contributed by atoms with Gasteiger partial charge in [-0.3, -0.25) is 0 Å². The van der Waals surface area contributed by atoms with Crippen LogP contribution in [0.25, 0.3) is 0 Å². The summed E-state index contributed by atoms with van der Waals surface area (Å²) < 4.78 is 5.05. The number of thioether (sulfide) groups is 1. The van der Waals surface area contributed by atoms with Crippen LogP contribution in [0.15, 0.2) is 23.1 Å². The van der Waals surface area contributed by atoms with Crippen molar-refractivity contribution in [2.45, 2.75) is 36.3 Å². The molecule has 0 spiro atoms. The molecule has 1 amide bonds. The van der Waals surface area contributed by atoms with Crippen molar-refractivity contribution in [3.8, 4) is 5.75 Å². The monoisotopic (exact) mass is 329 g/mol. The maximum Gasteiger partial charge on any atom is 0.409 e. The minimum Gasteiger partial charge on any atom is -0.508 e. The Hall–Kier alpha value is -1.07. The van der Waals surface area contributed by atoms with Crippen LogP contribution in [0.1, 0.15) is 26.2 Å². The summed E-state index contributed by atoms with van der Waals surface area (Å²) in [5, 5.41) is 10.4. The van der Waals surface area contributed by atoms with Gasteiger partial charge in [0.25, 0.3) is 0 Å². The molecule has 116 valence electrons. The number of likely N-dealkylation sites (tertiary alicyclic amines) is 1. The van der Waals surface area contributed by atoms with Crippen LogP contribution in [0.2, 0.25) is 5.02 Å². The topological polar surface area (TPSA) is 49.8 Å². The summed E-state index contributed by atoms with van der Waals surface area (Å²) >= 11 is 7.86. The fraction of sp³-hybridized carbons (Fsp3) is 0.533. The van der Waals surface area contributed by atoms with E-state index in [9.17, 15) is 9.90 Å². The summed E-state index contributed by atoms with van der Waals surface area (Å²) in [4.78, 5) is 14.5. The van der Waals surface area contributed by atoms with Crippen LogP contribution in [0.3, 0.4) is 0 Å². The Bertz CT molecular complexity index is 498. The van der Waals surface area contributed by atoms with Crippen LogP contribution in [-0.4, -0.2) is 41.0 Å². The molecule has 1 aliphatic heterocycles. The van der Waals surface area contributed by atoms with Gasteiger partial charge in [0.1, 0.15) is 5.75 Å². The number of amides is 1. The number of phenols is 1. The van der Waals surface area contributed by atoms with E-state index in [2.05, 4.69) is 0 Å². The molecule has 1 aromatic rings. The van der Waals surface area contributed by atoms with Gasteiger partial charge in [0.2, 0.25) is 0 Å². The molecular formula is C15H20ClNO3S. The maximum absolute atomic E-state index is 11.8. The Morgan fingerprint density at radius 2 is 2.29 bits per heavy atom. The van der Waals surface area contributed by atoms with Crippen molar-refractivity contribution in [1.82, 2.24) is 4.90 Å². The molecule has 2 rings (SSSR count). The highest BCUT2D eigenvalue weighted by Crippen LogP contribution is 2.36. The summed E-state index contributed by atoms with van der Waals surface area (Å²) in [6.45, 7) is 3.70. The van der Waals surface area contributed by atoms with Gasteiger partial charge in [-0.05, 0) is 44.4 Å². The molecule has 0 radical (unpaired) electrons. The second-order valence-electron chi connectivity index (χ2n) is 4.97. The SMILES string of the molecule is CCOC(=O)N1CCC[C@@H](Sc2ccc(O)cc2Cl)CC1. The zero-order valence-electron chi connectivity index (χ0n) is 12.0. The number of nitrogens with zero attached hydrogens (tertiary/aromatic N) is 1. The molecule has 0 bridgehead atoms. The van der Waals surface area contributed by atoms with E-state index < -0.39 is 0 Å². The third kappa shape index (κ3) is 4.71. The van der Waals surface area contributed by atoms with Crippen molar-refractivity contribution < 1.29 is 14.6 Å². The van der Waals surface area contributed by atoms with Crippen LogP contribution in [0, 0.1) is 0 Å². The minimum absolute atomic E-state index is 0.179. The number of carbonyl (C=O) groups is 1. The van der Waals surface area contributed by atoms with E-state index in [0.717, 1.165) is 30.7 Å². The average Bonchev–Trinajstić information content (AvgIpc) is 2.68. The molecule has 1 aromatic carbocycles. The van der Waals surface area contributed by atoms with Gasteiger partial charge in [0.05, 0.1) is 11.6 Å². The lowest BCUT2D eigenvalue weighted by Crippen LogP contribution is -2.32. The van der Waals surface area contributed by atoms with Gasteiger partial charge in [0, 0.05) is 23.2 Å². The quantitative estimate of drug-likeness (QED) is 0.905. The molecule has 6 heteroatoms. The smallest absolute Gasteiger partial charge is 0.409 e. The van der Waals surface area contributed by atoms with E-state index in [-0.39, 0.29) is 11.8 Å². The highest BCUT2D eigenvalue weighted by Gasteiger charge is 2.22. The number of carbonyl (C=O) groups excluding carboxylic acids is 1. The molecule has 0 aliphatic carbocycles. The number of benzene rings is 1. The molecule has 1 aliphatic rings. The first-order valence-corrected chi connectivity index (χ1v) is 8.42. The summed E-state index contributed by atoms with van der Waals surface area (Å²) in [5.74, 6) is 0.179. The number of hydrogen-bond acceptors (Lipinski definition) is 4. The van der Waals surface area contributed by atoms with Gasteiger partial charge >= 0.3 is 6.09 Å². The van der Waals surface area contributed by atoms with Gasteiger partial charge in [-0.1, -0.05) is 11.6 Å². The number of ether oxygens (including phenoxy) is 1. The first-order chi connectivity index (χ1) is 10.1. The summed E-state index contributed by atoms with van der Waals surface area (Å²) in [6, 6.07) is 5.05. The van der Waals surface area contributed by atoms with Crippen molar-refractivity contribution in [3.05, 3.63) is 23.2 Å². The molecule has 1 fully saturated rings. The van der Waals surface area contributed by atoms with Crippen LogP contribution in [0.4, 0.5) is 4.79 Å². The highest BCUT2D eigenvalue weighted by atomic mass is 35.5. The van der Waals surface area contributed by atoms with Gasteiger partial charge in [-0.2, -0.15) is 0 Å². The van der Waals surface area contributed by atoms with Crippen LogP contribution >= 0.6 is 23.4 Å². The second kappa shape index (κ2) is 7.80. The van der Waals surface area contributed by atoms with Gasteiger partial charge < -0.3 is 14.7 Å². The molecule has 1 atom stereocenters. The highest BCUT2D eigenvalue weighted by molar-refractivity contribution is 8.00. The molecular weight excluding hydrogens is 310 g/mol. The Labute approximate surface area is 134 Å². The fourth-order valence-corrected chi connectivity index (χ4v) is 3.84. The molecule has 1 N–H and O–H groups in total. The van der Waals surface area contributed by atoms with Crippen molar-refractivity contribution in [2.75, 3.05) is 19.7 Å². The first-order valence-electron chi connectivity index (χ1n) is 7.17. The predicted octanol–water partition coefficient (Wildman–Crippen LogP) is 4.15. The van der Waals surface area contributed by atoms with E-state index >= 15 is 0 Å². The number of phenolic OH excluding ortho intramolecular Hbond substituents is 1. The van der Waals surface area contributed by atoms with Crippen molar-refractivity contribution >= 4 is 29.5 Å². The zero-order chi connectivity index (χ0) is 15.2. The van der Waals surface area contributed by atoms with Gasteiger partial charge in [0.15, 0.2) is 0 Å². The predicted molar refractivity (Wildman–Crippen MR) is 85.2 cm³/mol. The zero-order valence-corrected chi connectivity index (χ0v) is 13.6. The van der Waals surface area contributed by atoms with Crippen LogP contribution in [0.5, 0.6) is 5.75 Å². The third-order valence-corrected chi connectivity index (χ3v) is 5.25. The van der Waals surface area contributed by atoms with E-state index in [4.69, 9.17) is 16.3 Å². The Balaban J connectivity index is 1.92. The minimum atomic E-state index is -0.217. The number of aromatic hydroxyl groups is 1. The largest absolute Gasteiger partial charge is 0.508 e. The van der Waals surface area contributed by atoms with Crippen LogP contribution < -0.4 is 0 Å². The first kappa shape index (κ1) is 16.3. The van der Waals surface area contributed by atoms with Gasteiger partial charge in [-0.25, -0.2) is 4.79 Å². The van der Waals surface area contributed by atoms with E-state index in [1.165, 1.54) is 0 Å². The third-order valence-electron chi connectivity index (χ3n) is 3.41. The normalized spacial score (nSPS) is 19.1. The van der Waals surface area contributed by atoms with Gasteiger partial charge in [-0.15, -0.1) is 11.8 Å². The molecule has 0 unspecified atom stereocenters. The van der Waals surface area contributed by atoms with E-state index in [1.54, 1.807) is 28.8 Å². The average molecular weight is 330 g/mol. The van der Waals surface area contributed by atoms with Crippen molar-refractivity contribution in [1.29, 1.82) is 0 Å². The summed E-state index contributed by atoms with van der Waals surface area (Å²) in [7, 11) is 0. The number of halogens is 1. The molecule has 21 heavy (non-hydrogen) atoms. The number of hydrogen-bond donors (Lipinski definition) is 1. The van der Waals surface area contributed by atoms with E-state index in [1.807, 2.05) is 13.0 Å².